The predicted octanol–water partition coefficient (Wildman–Crippen LogP) is 1.55. The molecule has 1 atom stereocenters. The lowest BCUT2D eigenvalue weighted by Crippen LogP contribution is -2.54. The summed E-state index contributed by atoms with van der Waals surface area (Å²) in [7, 11) is 1.25. The van der Waals surface area contributed by atoms with Gasteiger partial charge < -0.3 is 18.9 Å². The normalized spacial score (nSPS) is 16.2. The molecule has 1 aliphatic rings. The summed E-state index contributed by atoms with van der Waals surface area (Å²) in [5, 5.41) is 1.11. The molecule has 1 aliphatic heterocycles. The standard InChI is InChI=1S/C19H26N2O7/c1-5-26-14-8-12(9-15(27-6-2)17(14)28-7-3)18(23)21-11-13(19(24)25-4)10-16(22)20-21/h8-9,13H,5-7,10-11H2,1-4H3,(H,20,22). The summed E-state index contributed by atoms with van der Waals surface area (Å²) in [6.07, 6.45) is -0.0336. The van der Waals surface area contributed by atoms with Gasteiger partial charge in [0.25, 0.3) is 5.91 Å². The largest absolute Gasteiger partial charge is 0.490 e. The molecule has 1 aromatic rings. The van der Waals surface area contributed by atoms with Gasteiger partial charge in [-0.1, -0.05) is 0 Å². The van der Waals surface area contributed by atoms with Crippen molar-refractivity contribution < 1.29 is 33.3 Å². The molecule has 1 N–H and O–H groups in total. The summed E-state index contributed by atoms with van der Waals surface area (Å²) in [6.45, 7) is 6.62. The van der Waals surface area contributed by atoms with Gasteiger partial charge in [-0.15, -0.1) is 0 Å². The molecule has 0 aliphatic carbocycles. The Hall–Kier alpha value is -2.97. The van der Waals surface area contributed by atoms with E-state index in [0.29, 0.717) is 37.1 Å². The van der Waals surface area contributed by atoms with Crippen molar-refractivity contribution in [3.8, 4) is 17.2 Å². The topological polar surface area (TPSA) is 103 Å². The lowest BCUT2D eigenvalue weighted by Gasteiger charge is -2.31. The zero-order chi connectivity index (χ0) is 20.7. The highest BCUT2D eigenvalue weighted by atomic mass is 16.5. The monoisotopic (exact) mass is 394 g/mol. The highest BCUT2D eigenvalue weighted by molar-refractivity contribution is 5.98. The van der Waals surface area contributed by atoms with E-state index in [0.717, 1.165) is 5.01 Å². The molecule has 0 saturated carbocycles. The van der Waals surface area contributed by atoms with Crippen LogP contribution >= 0.6 is 0 Å². The number of methoxy groups -OCH3 is 1. The summed E-state index contributed by atoms with van der Waals surface area (Å²) in [5.41, 5.74) is 2.73. The number of nitrogens with zero attached hydrogens (tertiary/aromatic N) is 1. The molecule has 2 amide bonds. The molecule has 9 nitrogen and oxygen atoms in total. The first-order valence-corrected chi connectivity index (χ1v) is 9.20. The first-order valence-electron chi connectivity index (χ1n) is 9.20. The molecule has 1 aromatic carbocycles. The van der Waals surface area contributed by atoms with Crippen LogP contribution in [0.4, 0.5) is 0 Å². The third kappa shape index (κ3) is 4.85. The summed E-state index contributed by atoms with van der Waals surface area (Å²) >= 11 is 0. The van der Waals surface area contributed by atoms with E-state index in [1.807, 2.05) is 20.8 Å². The Kier molecular flexibility index (Phi) is 7.48. The first kappa shape index (κ1) is 21.3. The van der Waals surface area contributed by atoms with Crippen LogP contribution in [-0.2, 0) is 14.3 Å². The highest BCUT2D eigenvalue weighted by Crippen LogP contribution is 2.39. The van der Waals surface area contributed by atoms with Crippen LogP contribution in [0.5, 0.6) is 17.2 Å². The van der Waals surface area contributed by atoms with Crippen LogP contribution in [-0.4, -0.2) is 56.3 Å². The molecule has 0 spiro atoms. The fourth-order valence-corrected chi connectivity index (χ4v) is 2.88. The number of rotatable bonds is 8. The molecular formula is C19H26N2O7. The van der Waals surface area contributed by atoms with Crippen molar-refractivity contribution in [3.63, 3.8) is 0 Å². The predicted molar refractivity (Wildman–Crippen MR) is 99.3 cm³/mol. The SMILES string of the molecule is CCOc1cc(C(=O)N2CC(C(=O)OC)CC(=O)N2)cc(OCC)c1OCC. The summed E-state index contributed by atoms with van der Waals surface area (Å²) in [6, 6.07) is 3.07. The van der Waals surface area contributed by atoms with Crippen molar-refractivity contribution in [2.45, 2.75) is 27.2 Å². The van der Waals surface area contributed by atoms with Crippen LogP contribution < -0.4 is 19.6 Å². The maximum Gasteiger partial charge on any atom is 0.311 e. The quantitative estimate of drug-likeness (QED) is 0.667. The van der Waals surface area contributed by atoms with Crippen LogP contribution in [0, 0.1) is 5.92 Å². The molecule has 1 saturated heterocycles. The second-order valence-corrected chi connectivity index (χ2v) is 5.98. The van der Waals surface area contributed by atoms with Crippen molar-refractivity contribution in [2.24, 2.45) is 5.92 Å². The Morgan fingerprint density at radius 1 is 1.07 bits per heavy atom. The Morgan fingerprint density at radius 3 is 2.14 bits per heavy atom. The van der Waals surface area contributed by atoms with Gasteiger partial charge in [0, 0.05) is 12.0 Å². The second-order valence-electron chi connectivity index (χ2n) is 5.98. The van der Waals surface area contributed by atoms with E-state index in [1.165, 1.54) is 19.2 Å². The molecule has 2 rings (SSSR count). The van der Waals surface area contributed by atoms with Crippen LogP contribution in [0.25, 0.3) is 0 Å². The van der Waals surface area contributed by atoms with E-state index < -0.39 is 23.7 Å². The van der Waals surface area contributed by atoms with E-state index >= 15 is 0 Å². The third-order valence-electron chi connectivity index (χ3n) is 4.03. The summed E-state index contributed by atoms with van der Waals surface area (Å²) in [5.74, 6) is -1.04. The fourth-order valence-electron chi connectivity index (χ4n) is 2.88. The molecular weight excluding hydrogens is 368 g/mol. The zero-order valence-electron chi connectivity index (χ0n) is 16.6. The van der Waals surface area contributed by atoms with Gasteiger partial charge in [0.05, 0.1) is 39.4 Å². The number of hydrogen-bond acceptors (Lipinski definition) is 7. The molecule has 154 valence electrons. The van der Waals surface area contributed by atoms with E-state index in [2.05, 4.69) is 5.43 Å². The second kappa shape index (κ2) is 9.82. The van der Waals surface area contributed by atoms with E-state index in [-0.39, 0.29) is 18.5 Å². The van der Waals surface area contributed by atoms with Crippen LogP contribution in [0.2, 0.25) is 0 Å². The van der Waals surface area contributed by atoms with E-state index in [1.54, 1.807) is 0 Å². The van der Waals surface area contributed by atoms with Crippen molar-refractivity contribution in [1.82, 2.24) is 10.4 Å². The van der Waals surface area contributed by atoms with Gasteiger partial charge in [-0.3, -0.25) is 19.8 Å². The van der Waals surface area contributed by atoms with Gasteiger partial charge in [0.1, 0.15) is 0 Å². The number of amides is 2. The minimum atomic E-state index is -0.719. The van der Waals surface area contributed by atoms with Crippen molar-refractivity contribution >= 4 is 17.8 Å². The van der Waals surface area contributed by atoms with Crippen LogP contribution in [0.3, 0.4) is 0 Å². The van der Waals surface area contributed by atoms with Gasteiger partial charge in [-0.05, 0) is 32.9 Å². The summed E-state index contributed by atoms with van der Waals surface area (Å²) < 4.78 is 21.6. The number of hydrazine groups is 1. The molecule has 0 bridgehead atoms. The van der Waals surface area contributed by atoms with E-state index in [9.17, 15) is 14.4 Å². The average Bonchev–Trinajstić information content (AvgIpc) is 2.68. The summed E-state index contributed by atoms with van der Waals surface area (Å²) in [4.78, 5) is 36.7. The average molecular weight is 394 g/mol. The number of nitrogens with one attached hydrogen (secondary N) is 1. The van der Waals surface area contributed by atoms with Crippen LogP contribution in [0.1, 0.15) is 37.6 Å². The Labute approximate surface area is 163 Å². The molecule has 28 heavy (non-hydrogen) atoms. The molecule has 0 radical (unpaired) electrons. The van der Waals surface area contributed by atoms with Crippen molar-refractivity contribution in [3.05, 3.63) is 17.7 Å². The van der Waals surface area contributed by atoms with Gasteiger partial charge in [-0.25, -0.2) is 5.01 Å². The number of ether oxygens (including phenoxy) is 4. The minimum Gasteiger partial charge on any atom is -0.490 e. The van der Waals surface area contributed by atoms with Gasteiger partial charge in [-0.2, -0.15) is 0 Å². The maximum absolute atomic E-state index is 13.0. The number of carbonyl (C=O) groups excluding carboxylic acids is 3. The van der Waals surface area contributed by atoms with Crippen molar-refractivity contribution in [1.29, 1.82) is 0 Å². The first-order chi connectivity index (χ1) is 13.4. The number of benzene rings is 1. The third-order valence-corrected chi connectivity index (χ3v) is 4.03. The number of carbonyl (C=O) groups is 3. The Balaban J connectivity index is 2.37. The smallest absolute Gasteiger partial charge is 0.311 e. The molecule has 0 aromatic heterocycles. The maximum atomic E-state index is 13.0. The molecule has 1 fully saturated rings. The van der Waals surface area contributed by atoms with E-state index in [4.69, 9.17) is 18.9 Å². The zero-order valence-corrected chi connectivity index (χ0v) is 16.6. The minimum absolute atomic E-state index is 0.0123. The Morgan fingerprint density at radius 2 is 1.64 bits per heavy atom. The molecule has 1 heterocycles. The van der Waals surface area contributed by atoms with Gasteiger partial charge >= 0.3 is 5.97 Å². The molecule has 1 unspecified atom stereocenters. The van der Waals surface area contributed by atoms with Gasteiger partial charge in [0.2, 0.25) is 11.7 Å². The number of hydrogen-bond donors (Lipinski definition) is 1. The lowest BCUT2D eigenvalue weighted by atomic mass is 10.0. The fraction of sp³-hybridized carbons (Fsp3) is 0.526. The molecule has 9 heteroatoms. The Bertz CT molecular complexity index is 708. The highest BCUT2D eigenvalue weighted by Gasteiger charge is 2.34. The van der Waals surface area contributed by atoms with Crippen molar-refractivity contribution in [2.75, 3.05) is 33.5 Å². The van der Waals surface area contributed by atoms with Crippen LogP contribution in [0.15, 0.2) is 12.1 Å². The van der Waals surface area contributed by atoms with Gasteiger partial charge in [0.15, 0.2) is 11.5 Å². The number of esters is 1. The lowest BCUT2D eigenvalue weighted by molar-refractivity contribution is -0.151.